The van der Waals surface area contributed by atoms with Gasteiger partial charge >= 0.3 is 0 Å². The summed E-state index contributed by atoms with van der Waals surface area (Å²) >= 11 is 3.43. The van der Waals surface area contributed by atoms with Crippen LogP contribution in [0.5, 0.6) is 5.75 Å². The maximum Gasteiger partial charge on any atom is 0.133 e. The third kappa shape index (κ3) is 3.93. The summed E-state index contributed by atoms with van der Waals surface area (Å²) < 4.78 is 19.5. The minimum absolute atomic E-state index is 0.360. The summed E-state index contributed by atoms with van der Waals surface area (Å²) in [5.41, 5.74) is 1.80. The zero-order valence-corrected chi connectivity index (χ0v) is 13.0. The van der Waals surface area contributed by atoms with Crippen molar-refractivity contribution in [2.45, 2.75) is 6.92 Å². The van der Waals surface area contributed by atoms with Gasteiger partial charge in [-0.25, -0.2) is 4.39 Å². The van der Waals surface area contributed by atoms with Crippen LogP contribution in [0.3, 0.4) is 0 Å². The van der Waals surface area contributed by atoms with Crippen molar-refractivity contribution >= 4 is 27.6 Å². The first-order valence-corrected chi connectivity index (χ1v) is 7.23. The van der Waals surface area contributed by atoms with Crippen LogP contribution in [0.1, 0.15) is 18.1 Å². The van der Waals surface area contributed by atoms with E-state index >= 15 is 0 Å². The summed E-state index contributed by atoms with van der Waals surface area (Å²) in [6.45, 7) is 2.50. The number of ether oxygens (including phenoxy) is 1. The molecule has 2 aromatic rings. The van der Waals surface area contributed by atoms with Crippen LogP contribution < -0.4 is 4.74 Å². The molecule has 0 saturated carbocycles. The van der Waals surface area contributed by atoms with E-state index < -0.39 is 0 Å². The summed E-state index contributed by atoms with van der Waals surface area (Å²) in [4.78, 5) is 0. The van der Waals surface area contributed by atoms with Gasteiger partial charge in [-0.3, -0.25) is 0 Å². The topological polar surface area (TPSA) is 33.0 Å². The van der Waals surface area contributed by atoms with Crippen LogP contribution in [-0.2, 0) is 0 Å². The first-order valence-electron chi connectivity index (χ1n) is 6.44. The van der Waals surface area contributed by atoms with Gasteiger partial charge in [0.05, 0.1) is 22.7 Å². The van der Waals surface area contributed by atoms with Crippen LogP contribution >= 0.6 is 15.9 Å². The summed E-state index contributed by atoms with van der Waals surface area (Å²) in [7, 11) is 0. The first-order chi connectivity index (χ1) is 10.1. The normalized spacial score (nSPS) is 11.0. The van der Waals surface area contributed by atoms with Crippen molar-refractivity contribution in [3.05, 3.63) is 63.9 Å². The van der Waals surface area contributed by atoms with Gasteiger partial charge in [-0.15, -0.1) is 0 Å². The molecule has 0 aliphatic heterocycles. The Hall–Kier alpha value is -2.12. The number of hydrogen-bond donors (Lipinski definition) is 0. The fourth-order valence-electron chi connectivity index (χ4n) is 1.88. The number of rotatable bonds is 4. The summed E-state index contributed by atoms with van der Waals surface area (Å²) in [5.74, 6) is 0.389. The van der Waals surface area contributed by atoms with Gasteiger partial charge in [0.2, 0.25) is 0 Å². The fraction of sp³-hybridized carbons (Fsp3) is 0.118. The monoisotopic (exact) mass is 345 g/mol. The molecule has 2 aromatic carbocycles. The van der Waals surface area contributed by atoms with E-state index in [0.29, 0.717) is 17.7 Å². The molecule has 0 saturated heterocycles. The molecule has 0 fully saturated rings. The van der Waals surface area contributed by atoms with Gasteiger partial charge in [-0.05, 0) is 64.3 Å². The van der Waals surface area contributed by atoms with Crippen LogP contribution in [-0.4, -0.2) is 6.61 Å². The Kier molecular flexibility index (Phi) is 5.13. The Balaban J connectivity index is 2.37. The smallest absolute Gasteiger partial charge is 0.133 e. The predicted octanol–water partition coefficient (Wildman–Crippen LogP) is 5.05. The third-order valence-corrected chi connectivity index (χ3v) is 3.44. The molecule has 0 aromatic heterocycles. The second-order valence-electron chi connectivity index (χ2n) is 4.30. The number of allylic oxidation sites excluding steroid dienone is 1. The lowest BCUT2D eigenvalue weighted by Crippen LogP contribution is -1.92. The van der Waals surface area contributed by atoms with Crippen molar-refractivity contribution < 1.29 is 9.13 Å². The summed E-state index contributed by atoms with van der Waals surface area (Å²) in [5, 5.41) is 9.26. The van der Waals surface area contributed by atoms with Crippen molar-refractivity contribution in [1.82, 2.24) is 0 Å². The molecule has 21 heavy (non-hydrogen) atoms. The van der Waals surface area contributed by atoms with Gasteiger partial charge in [0.1, 0.15) is 11.6 Å². The second-order valence-corrected chi connectivity index (χ2v) is 5.16. The highest BCUT2D eigenvalue weighted by Crippen LogP contribution is 2.28. The van der Waals surface area contributed by atoms with Crippen molar-refractivity contribution in [1.29, 1.82) is 5.26 Å². The fourth-order valence-corrected chi connectivity index (χ4v) is 2.39. The van der Waals surface area contributed by atoms with Crippen LogP contribution in [0, 0.1) is 17.1 Å². The number of hydrogen-bond acceptors (Lipinski definition) is 2. The molecule has 2 nitrogen and oxygen atoms in total. The zero-order chi connectivity index (χ0) is 15.2. The molecule has 0 aliphatic rings. The molecule has 0 atom stereocenters. The minimum atomic E-state index is -0.360. The molecular formula is C17H13BrFNO. The van der Waals surface area contributed by atoms with Crippen molar-refractivity contribution in [3.8, 4) is 11.8 Å². The molecule has 0 spiro atoms. The average Bonchev–Trinajstić information content (AvgIpc) is 2.47. The highest BCUT2D eigenvalue weighted by Gasteiger charge is 2.05. The molecular weight excluding hydrogens is 333 g/mol. The standard InChI is InChI=1S/C17H13BrFNO/c1-2-21-17-7-6-12(9-16(17)18)8-14(11-20)13-4-3-5-15(19)10-13/h3-10H,2H2,1H3/b14-8-. The van der Waals surface area contributed by atoms with E-state index in [2.05, 4.69) is 22.0 Å². The molecule has 0 radical (unpaired) electrons. The Labute approximate surface area is 131 Å². The Bertz CT molecular complexity index is 719. The number of benzene rings is 2. The van der Waals surface area contributed by atoms with E-state index in [1.807, 2.05) is 25.1 Å². The minimum Gasteiger partial charge on any atom is -0.493 e. The maximum atomic E-state index is 13.2. The van der Waals surface area contributed by atoms with Gasteiger partial charge in [0.25, 0.3) is 0 Å². The molecule has 106 valence electrons. The molecule has 0 heterocycles. The van der Waals surface area contributed by atoms with Crippen LogP contribution in [0.15, 0.2) is 46.9 Å². The largest absolute Gasteiger partial charge is 0.493 e. The van der Waals surface area contributed by atoms with E-state index in [4.69, 9.17) is 4.74 Å². The van der Waals surface area contributed by atoms with Crippen LogP contribution in [0.2, 0.25) is 0 Å². The van der Waals surface area contributed by atoms with E-state index in [-0.39, 0.29) is 5.82 Å². The van der Waals surface area contributed by atoms with E-state index in [0.717, 1.165) is 15.8 Å². The molecule has 0 aliphatic carbocycles. The number of halogens is 2. The van der Waals surface area contributed by atoms with Gasteiger partial charge in [0.15, 0.2) is 0 Å². The van der Waals surface area contributed by atoms with Gasteiger partial charge < -0.3 is 4.74 Å². The van der Waals surface area contributed by atoms with E-state index in [1.54, 1.807) is 18.2 Å². The van der Waals surface area contributed by atoms with Crippen LogP contribution in [0.4, 0.5) is 4.39 Å². The van der Waals surface area contributed by atoms with Gasteiger partial charge in [0, 0.05) is 0 Å². The van der Waals surface area contributed by atoms with Crippen molar-refractivity contribution in [2.24, 2.45) is 0 Å². The Morgan fingerprint density at radius 1 is 1.33 bits per heavy atom. The number of nitrogens with zero attached hydrogens (tertiary/aromatic N) is 1. The summed E-state index contributed by atoms with van der Waals surface area (Å²) in [6.07, 6.45) is 1.72. The maximum absolute atomic E-state index is 13.2. The summed E-state index contributed by atoms with van der Waals surface area (Å²) in [6, 6.07) is 13.6. The molecule has 0 N–H and O–H groups in total. The second kappa shape index (κ2) is 7.05. The zero-order valence-electron chi connectivity index (χ0n) is 11.4. The van der Waals surface area contributed by atoms with Gasteiger partial charge in [-0.2, -0.15) is 5.26 Å². The number of nitriles is 1. The molecule has 0 unspecified atom stereocenters. The highest BCUT2D eigenvalue weighted by molar-refractivity contribution is 9.10. The van der Waals surface area contributed by atoms with E-state index in [1.165, 1.54) is 12.1 Å². The predicted molar refractivity (Wildman–Crippen MR) is 85.2 cm³/mol. The Morgan fingerprint density at radius 2 is 2.14 bits per heavy atom. The quantitative estimate of drug-likeness (QED) is 0.573. The Morgan fingerprint density at radius 3 is 2.76 bits per heavy atom. The van der Waals surface area contributed by atoms with E-state index in [9.17, 15) is 9.65 Å². The molecule has 2 rings (SSSR count). The molecule has 0 amide bonds. The van der Waals surface area contributed by atoms with Crippen LogP contribution in [0.25, 0.3) is 11.6 Å². The van der Waals surface area contributed by atoms with Crippen molar-refractivity contribution in [3.63, 3.8) is 0 Å². The molecule has 4 heteroatoms. The lowest BCUT2D eigenvalue weighted by atomic mass is 10.0. The lowest BCUT2D eigenvalue weighted by Gasteiger charge is -2.06. The highest BCUT2D eigenvalue weighted by atomic mass is 79.9. The third-order valence-electron chi connectivity index (χ3n) is 2.82. The average molecular weight is 346 g/mol. The van der Waals surface area contributed by atoms with Gasteiger partial charge in [-0.1, -0.05) is 18.2 Å². The lowest BCUT2D eigenvalue weighted by molar-refractivity contribution is 0.338. The van der Waals surface area contributed by atoms with Crippen molar-refractivity contribution in [2.75, 3.05) is 6.61 Å². The molecule has 0 bridgehead atoms. The SMILES string of the molecule is CCOc1ccc(/C=C(/C#N)c2cccc(F)c2)cc1Br. The first kappa shape index (κ1) is 15.3.